The average molecular weight is 372 g/mol. The summed E-state index contributed by atoms with van der Waals surface area (Å²) in [7, 11) is 0. The molecule has 2 saturated heterocycles. The van der Waals surface area contributed by atoms with Gasteiger partial charge in [0.1, 0.15) is 17.5 Å². The van der Waals surface area contributed by atoms with Crippen LogP contribution in [0.4, 0.5) is 10.1 Å². The molecule has 1 aromatic carbocycles. The quantitative estimate of drug-likeness (QED) is 0.600. The summed E-state index contributed by atoms with van der Waals surface area (Å²) >= 11 is 0. The Morgan fingerprint density at radius 2 is 1.74 bits per heavy atom. The van der Waals surface area contributed by atoms with Crippen LogP contribution in [0.5, 0.6) is 0 Å². The maximum atomic E-state index is 13.1. The molecule has 3 rings (SSSR count). The summed E-state index contributed by atoms with van der Waals surface area (Å²) in [6.45, 7) is 7.68. The zero-order valence-corrected chi connectivity index (χ0v) is 15.8. The third kappa shape index (κ3) is 4.77. The first-order chi connectivity index (χ1) is 13.0. The number of amides is 1. The number of hydrogen-bond donors (Lipinski definition) is 0. The molecular weight excluding hydrogens is 347 g/mol. The molecule has 1 aromatic rings. The minimum atomic E-state index is -0.261. The predicted octanol–water partition coefficient (Wildman–Crippen LogP) is 1.99. The van der Waals surface area contributed by atoms with Crippen molar-refractivity contribution < 1.29 is 13.9 Å². The van der Waals surface area contributed by atoms with Gasteiger partial charge in [0.05, 0.1) is 12.2 Å². The normalized spacial score (nSPS) is 23.9. The lowest BCUT2D eigenvalue weighted by Crippen LogP contribution is -2.49. The lowest BCUT2D eigenvalue weighted by molar-refractivity contribution is -0.127. The molecule has 27 heavy (non-hydrogen) atoms. The van der Waals surface area contributed by atoms with E-state index in [-0.39, 0.29) is 29.5 Å². The first kappa shape index (κ1) is 19.2. The molecule has 6 nitrogen and oxygen atoms in total. The molecule has 2 aliphatic heterocycles. The Balaban J connectivity index is 1.61. The molecule has 2 unspecified atom stereocenters. The van der Waals surface area contributed by atoms with Crippen LogP contribution in [0.2, 0.25) is 0 Å². The Morgan fingerprint density at radius 3 is 2.30 bits per heavy atom. The van der Waals surface area contributed by atoms with Crippen LogP contribution in [-0.2, 0) is 9.53 Å². The van der Waals surface area contributed by atoms with E-state index in [1.807, 2.05) is 18.7 Å². The van der Waals surface area contributed by atoms with E-state index in [0.29, 0.717) is 39.3 Å². The fourth-order valence-corrected chi connectivity index (χ4v) is 3.63. The summed E-state index contributed by atoms with van der Waals surface area (Å²) in [6, 6.07) is 8.42. The van der Waals surface area contributed by atoms with Crippen molar-refractivity contribution in [3.8, 4) is 6.07 Å². The first-order valence-electron chi connectivity index (χ1n) is 9.27. The standard InChI is InChI=1S/C20H25FN4O2/c1-15-12-23(13-16(2)27-15)14-17(11-22)20(26)25-9-7-24(8-10-25)19-5-3-18(21)4-6-19/h3-6,14-16H,7-10,12-13H2,1-2H3/b17-14-. The maximum Gasteiger partial charge on any atom is 0.266 e. The van der Waals surface area contributed by atoms with Crippen molar-refractivity contribution >= 4 is 11.6 Å². The van der Waals surface area contributed by atoms with Crippen molar-refractivity contribution in [1.29, 1.82) is 5.26 Å². The Bertz CT molecular complexity index is 725. The van der Waals surface area contributed by atoms with E-state index in [2.05, 4.69) is 11.0 Å². The summed E-state index contributed by atoms with van der Waals surface area (Å²) in [4.78, 5) is 18.6. The minimum absolute atomic E-state index is 0.0688. The highest BCUT2D eigenvalue weighted by molar-refractivity contribution is 5.97. The third-order valence-electron chi connectivity index (χ3n) is 4.87. The number of nitriles is 1. The van der Waals surface area contributed by atoms with E-state index >= 15 is 0 Å². The topological polar surface area (TPSA) is 59.8 Å². The number of nitrogens with zero attached hydrogens (tertiary/aromatic N) is 4. The molecule has 0 saturated carbocycles. The number of morpholine rings is 1. The molecule has 2 heterocycles. The van der Waals surface area contributed by atoms with Crippen LogP contribution in [0.1, 0.15) is 13.8 Å². The number of benzene rings is 1. The first-order valence-corrected chi connectivity index (χ1v) is 9.27. The van der Waals surface area contributed by atoms with Gasteiger partial charge in [0.25, 0.3) is 5.91 Å². The van der Waals surface area contributed by atoms with Crippen molar-refractivity contribution in [2.45, 2.75) is 26.1 Å². The monoisotopic (exact) mass is 372 g/mol. The van der Waals surface area contributed by atoms with E-state index in [1.165, 1.54) is 12.1 Å². The lowest BCUT2D eigenvalue weighted by Gasteiger charge is -2.37. The molecule has 0 N–H and O–H groups in total. The van der Waals surface area contributed by atoms with Gasteiger partial charge in [0.15, 0.2) is 0 Å². The number of anilines is 1. The van der Waals surface area contributed by atoms with Crippen LogP contribution in [0, 0.1) is 17.1 Å². The molecule has 2 aliphatic rings. The second-order valence-corrected chi connectivity index (χ2v) is 7.12. The number of carbonyl (C=O) groups is 1. The fourth-order valence-electron chi connectivity index (χ4n) is 3.63. The van der Waals surface area contributed by atoms with Gasteiger partial charge in [0.2, 0.25) is 0 Å². The van der Waals surface area contributed by atoms with Gasteiger partial charge in [0, 0.05) is 51.2 Å². The van der Waals surface area contributed by atoms with Gasteiger partial charge in [-0.1, -0.05) is 0 Å². The predicted molar refractivity (Wildman–Crippen MR) is 100 cm³/mol. The zero-order valence-electron chi connectivity index (χ0n) is 15.8. The maximum absolute atomic E-state index is 13.1. The van der Waals surface area contributed by atoms with Gasteiger partial charge < -0.3 is 19.4 Å². The number of carbonyl (C=O) groups excluding carboxylic acids is 1. The Hall–Kier alpha value is -2.59. The fraction of sp³-hybridized carbons (Fsp3) is 0.500. The van der Waals surface area contributed by atoms with Crippen LogP contribution in [0.25, 0.3) is 0 Å². The van der Waals surface area contributed by atoms with E-state index in [4.69, 9.17) is 4.74 Å². The summed E-state index contributed by atoms with van der Waals surface area (Å²) in [5.74, 6) is -0.494. The number of halogens is 1. The summed E-state index contributed by atoms with van der Waals surface area (Å²) < 4.78 is 18.8. The molecule has 7 heteroatoms. The molecule has 1 amide bonds. The summed E-state index contributed by atoms with van der Waals surface area (Å²) in [5, 5.41) is 9.48. The third-order valence-corrected chi connectivity index (χ3v) is 4.87. The average Bonchev–Trinajstić information content (AvgIpc) is 2.65. The summed E-state index contributed by atoms with van der Waals surface area (Å²) in [6.07, 6.45) is 1.81. The molecule has 0 aromatic heterocycles. The van der Waals surface area contributed by atoms with Gasteiger partial charge in [-0.15, -0.1) is 0 Å². The number of piperazine rings is 1. The number of ether oxygens (including phenoxy) is 1. The van der Waals surface area contributed by atoms with Gasteiger partial charge in [-0.25, -0.2) is 4.39 Å². The highest BCUT2D eigenvalue weighted by atomic mass is 19.1. The van der Waals surface area contributed by atoms with Crippen LogP contribution >= 0.6 is 0 Å². The van der Waals surface area contributed by atoms with Crippen LogP contribution in [0.15, 0.2) is 36.0 Å². The van der Waals surface area contributed by atoms with Crippen molar-refractivity contribution in [3.63, 3.8) is 0 Å². The van der Waals surface area contributed by atoms with Gasteiger partial charge in [-0.2, -0.15) is 5.26 Å². The second-order valence-electron chi connectivity index (χ2n) is 7.12. The van der Waals surface area contributed by atoms with E-state index < -0.39 is 0 Å². The molecule has 2 atom stereocenters. The molecule has 144 valence electrons. The molecule has 0 bridgehead atoms. The van der Waals surface area contributed by atoms with Crippen molar-refractivity contribution in [3.05, 3.63) is 41.9 Å². The smallest absolute Gasteiger partial charge is 0.266 e. The van der Waals surface area contributed by atoms with Crippen LogP contribution in [0.3, 0.4) is 0 Å². The van der Waals surface area contributed by atoms with E-state index in [9.17, 15) is 14.4 Å². The molecule has 2 fully saturated rings. The highest BCUT2D eigenvalue weighted by Crippen LogP contribution is 2.18. The van der Waals surface area contributed by atoms with Gasteiger partial charge in [-0.05, 0) is 38.1 Å². The van der Waals surface area contributed by atoms with Gasteiger partial charge in [-0.3, -0.25) is 4.79 Å². The SMILES string of the molecule is CC1CN(/C=C(/C#N)C(=O)N2CCN(c3ccc(F)cc3)CC2)CC(C)O1. The van der Waals surface area contributed by atoms with E-state index in [1.54, 1.807) is 23.2 Å². The van der Waals surface area contributed by atoms with Crippen molar-refractivity contribution in [2.24, 2.45) is 0 Å². The molecule has 0 radical (unpaired) electrons. The van der Waals surface area contributed by atoms with Gasteiger partial charge >= 0.3 is 0 Å². The number of hydrogen-bond acceptors (Lipinski definition) is 5. The summed E-state index contributed by atoms with van der Waals surface area (Å²) in [5.41, 5.74) is 1.10. The molecule has 0 spiro atoms. The Labute approximate surface area is 159 Å². The Morgan fingerprint density at radius 1 is 1.15 bits per heavy atom. The van der Waals surface area contributed by atoms with Crippen molar-refractivity contribution in [2.75, 3.05) is 44.2 Å². The largest absolute Gasteiger partial charge is 0.372 e. The minimum Gasteiger partial charge on any atom is -0.372 e. The van der Waals surface area contributed by atoms with Crippen LogP contribution < -0.4 is 4.90 Å². The molecule has 0 aliphatic carbocycles. The highest BCUT2D eigenvalue weighted by Gasteiger charge is 2.26. The lowest BCUT2D eigenvalue weighted by atomic mass is 10.2. The molecular formula is C20H25FN4O2. The van der Waals surface area contributed by atoms with Crippen molar-refractivity contribution in [1.82, 2.24) is 9.80 Å². The second kappa shape index (κ2) is 8.40. The van der Waals surface area contributed by atoms with Crippen LogP contribution in [-0.4, -0.2) is 67.2 Å². The van der Waals surface area contributed by atoms with E-state index in [0.717, 1.165) is 5.69 Å². The zero-order chi connectivity index (χ0) is 19.4. The number of rotatable bonds is 3. The Kier molecular flexibility index (Phi) is 5.97.